The number of rotatable bonds is 9. The lowest BCUT2D eigenvalue weighted by Crippen LogP contribution is -2.35. The highest BCUT2D eigenvalue weighted by Gasteiger charge is 2.19. The largest absolute Gasteiger partial charge is 0.329 e. The molecule has 1 aromatic rings. The van der Waals surface area contributed by atoms with Crippen LogP contribution < -0.4 is 5.73 Å². The smallest absolute Gasteiger partial charge is 0.0473 e. The minimum Gasteiger partial charge on any atom is -0.329 e. The van der Waals surface area contributed by atoms with Crippen molar-refractivity contribution in [2.45, 2.75) is 59.4 Å². The molecule has 0 spiro atoms. The van der Waals surface area contributed by atoms with Crippen LogP contribution in [0.2, 0.25) is 0 Å². The molecular weight excluding hydrogens is 244 g/mol. The number of hydrogen-bond donors (Lipinski definition) is 1. The van der Waals surface area contributed by atoms with Gasteiger partial charge in [0, 0.05) is 12.6 Å². The fourth-order valence-electron chi connectivity index (χ4n) is 2.74. The van der Waals surface area contributed by atoms with E-state index in [1.807, 2.05) is 0 Å². The Morgan fingerprint density at radius 1 is 1.05 bits per heavy atom. The molecule has 0 amide bonds. The average molecular weight is 276 g/mol. The zero-order valence-electron chi connectivity index (χ0n) is 13.8. The zero-order chi connectivity index (χ0) is 15.0. The number of benzene rings is 1. The molecule has 1 rings (SSSR count). The highest BCUT2D eigenvalue weighted by molar-refractivity contribution is 5.33. The van der Waals surface area contributed by atoms with E-state index in [9.17, 15) is 0 Å². The lowest BCUT2D eigenvalue weighted by molar-refractivity contribution is 0.195. The third kappa shape index (κ3) is 4.92. The van der Waals surface area contributed by atoms with E-state index >= 15 is 0 Å². The van der Waals surface area contributed by atoms with E-state index < -0.39 is 0 Å². The van der Waals surface area contributed by atoms with Gasteiger partial charge in [0.05, 0.1) is 0 Å². The summed E-state index contributed by atoms with van der Waals surface area (Å²) in [5, 5.41) is 0. The molecule has 0 aliphatic heterocycles. The van der Waals surface area contributed by atoms with Crippen LogP contribution in [-0.4, -0.2) is 24.5 Å². The Hall–Kier alpha value is -0.860. The van der Waals surface area contributed by atoms with Gasteiger partial charge in [-0.25, -0.2) is 0 Å². The molecule has 2 heteroatoms. The van der Waals surface area contributed by atoms with E-state index in [1.54, 1.807) is 0 Å². The van der Waals surface area contributed by atoms with E-state index in [-0.39, 0.29) is 0 Å². The zero-order valence-corrected chi connectivity index (χ0v) is 13.8. The Kier molecular flexibility index (Phi) is 7.86. The Labute approximate surface area is 125 Å². The molecule has 1 atom stereocenters. The minimum atomic E-state index is 0.369. The van der Waals surface area contributed by atoms with Gasteiger partial charge in [0.25, 0.3) is 0 Å². The van der Waals surface area contributed by atoms with Crippen LogP contribution in [0.4, 0.5) is 0 Å². The quantitative estimate of drug-likeness (QED) is 0.732. The molecule has 2 N–H and O–H groups in total. The second-order valence-corrected chi connectivity index (χ2v) is 5.85. The highest BCUT2D eigenvalue weighted by Crippen LogP contribution is 2.25. The molecule has 1 aromatic carbocycles. The van der Waals surface area contributed by atoms with Crippen LogP contribution in [0.1, 0.15) is 62.3 Å². The van der Waals surface area contributed by atoms with Crippen molar-refractivity contribution in [3.05, 3.63) is 34.9 Å². The summed E-state index contributed by atoms with van der Waals surface area (Å²) in [6.07, 6.45) is 5.00. The highest BCUT2D eigenvalue weighted by atomic mass is 15.2. The molecule has 0 bridgehead atoms. The Bertz CT molecular complexity index is 379. The first-order valence-electron chi connectivity index (χ1n) is 8.15. The fourth-order valence-corrected chi connectivity index (χ4v) is 2.74. The van der Waals surface area contributed by atoms with E-state index in [0.29, 0.717) is 12.6 Å². The molecular formula is C18H32N2. The summed E-state index contributed by atoms with van der Waals surface area (Å²) in [6, 6.07) is 7.10. The van der Waals surface area contributed by atoms with Gasteiger partial charge < -0.3 is 5.73 Å². The molecule has 0 radical (unpaired) electrons. The van der Waals surface area contributed by atoms with E-state index in [2.05, 4.69) is 50.8 Å². The predicted octanol–water partition coefficient (Wildman–Crippen LogP) is 4.21. The van der Waals surface area contributed by atoms with Crippen molar-refractivity contribution < 1.29 is 0 Å². The van der Waals surface area contributed by atoms with Crippen molar-refractivity contribution in [2.24, 2.45) is 5.73 Å². The van der Waals surface area contributed by atoms with Gasteiger partial charge in [-0.1, -0.05) is 50.5 Å². The normalized spacial score (nSPS) is 12.9. The summed E-state index contributed by atoms with van der Waals surface area (Å²) in [5.41, 5.74) is 10.2. The van der Waals surface area contributed by atoms with Gasteiger partial charge in [0.2, 0.25) is 0 Å². The summed E-state index contributed by atoms with van der Waals surface area (Å²) in [4.78, 5) is 2.59. The Morgan fingerprint density at radius 2 is 1.65 bits per heavy atom. The van der Waals surface area contributed by atoms with Gasteiger partial charge in [-0.05, 0) is 50.9 Å². The van der Waals surface area contributed by atoms with Crippen molar-refractivity contribution in [2.75, 3.05) is 19.6 Å². The molecule has 0 aromatic heterocycles. The van der Waals surface area contributed by atoms with E-state index in [0.717, 1.165) is 13.1 Å². The standard InChI is InChI=1S/C18H32N2/c1-5-7-11-20(12-8-6-2)18(14-19)17-13-15(3)9-10-16(17)4/h9-10,13,18H,5-8,11-12,14,19H2,1-4H3. The Morgan fingerprint density at radius 3 is 2.15 bits per heavy atom. The van der Waals surface area contributed by atoms with Gasteiger partial charge in [0.1, 0.15) is 0 Å². The first-order valence-corrected chi connectivity index (χ1v) is 8.15. The lowest BCUT2D eigenvalue weighted by Gasteiger charge is -2.32. The van der Waals surface area contributed by atoms with Crippen LogP contribution in [-0.2, 0) is 0 Å². The fraction of sp³-hybridized carbons (Fsp3) is 0.667. The summed E-state index contributed by atoms with van der Waals surface area (Å²) >= 11 is 0. The molecule has 1 unspecified atom stereocenters. The number of unbranched alkanes of at least 4 members (excludes halogenated alkanes) is 2. The second-order valence-electron chi connectivity index (χ2n) is 5.85. The van der Waals surface area contributed by atoms with Crippen molar-refractivity contribution in [3.63, 3.8) is 0 Å². The third-order valence-corrected chi connectivity index (χ3v) is 4.06. The van der Waals surface area contributed by atoms with Crippen LogP contribution in [0, 0.1) is 13.8 Å². The minimum absolute atomic E-state index is 0.369. The molecule has 114 valence electrons. The van der Waals surface area contributed by atoms with Gasteiger partial charge in [-0.15, -0.1) is 0 Å². The van der Waals surface area contributed by atoms with Gasteiger partial charge in [-0.3, -0.25) is 4.90 Å². The molecule has 0 heterocycles. The number of hydrogen-bond acceptors (Lipinski definition) is 2. The molecule has 2 nitrogen and oxygen atoms in total. The van der Waals surface area contributed by atoms with Gasteiger partial charge in [0.15, 0.2) is 0 Å². The van der Waals surface area contributed by atoms with Crippen molar-refractivity contribution >= 4 is 0 Å². The summed E-state index contributed by atoms with van der Waals surface area (Å²) in [7, 11) is 0. The van der Waals surface area contributed by atoms with Crippen molar-refractivity contribution in [1.82, 2.24) is 4.90 Å². The molecule has 0 saturated heterocycles. The first-order chi connectivity index (χ1) is 9.63. The summed E-state index contributed by atoms with van der Waals surface area (Å²) in [5.74, 6) is 0. The monoisotopic (exact) mass is 276 g/mol. The van der Waals surface area contributed by atoms with Crippen LogP contribution in [0.25, 0.3) is 0 Å². The molecule has 0 aliphatic carbocycles. The molecule has 0 fully saturated rings. The topological polar surface area (TPSA) is 29.3 Å². The van der Waals surface area contributed by atoms with E-state index in [4.69, 9.17) is 5.73 Å². The lowest BCUT2D eigenvalue weighted by atomic mass is 9.97. The maximum Gasteiger partial charge on any atom is 0.0473 e. The summed E-state index contributed by atoms with van der Waals surface area (Å²) in [6.45, 7) is 11.9. The number of nitrogens with two attached hydrogens (primary N) is 1. The van der Waals surface area contributed by atoms with E-state index in [1.165, 1.54) is 42.4 Å². The SMILES string of the molecule is CCCCN(CCCC)C(CN)c1cc(C)ccc1C. The van der Waals surface area contributed by atoms with Crippen LogP contribution >= 0.6 is 0 Å². The van der Waals surface area contributed by atoms with Crippen molar-refractivity contribution in [1.29, 1.82) is 0 Å². The van der Waals surface area contributed by atoms with Crippen LogP contribution in [0.5, 0.6) is 0 Å². The van der Waals surface area contributed by atoms with Crippen LogP contribution in [0.3, 0.4) is 0 Å². The summed E-state index contributed by atoms with van der Waals surface area (Å²) < 4.78 is 0. The predicted molar refractivity (Wildman–Crippen MR) is 89.1 cm³/mol. The second kappa shape index (κ2) is 9.15. The molecule has 0 aliphatic rings. The van der Waals surface area contributed by atoms with Gasteiger partial charge in [-0.2, -0.15) is 0 Å². The van der Waals surface area contributed by atoms with Gasteiger partial charge >= 0.3 is 0 Å². The average Bonchev–Trinajstić information content (AvgIpc) is 2.45. The van der Waals surface area contributed by atoms with Crippen molar-refractivity contribution in [3.8, 4) is 0 Å². The maximum absolute atomic E-state index is 6.13. The first kappa shape index (κ1) is 17.2. The number of nitrogens with zero attached hydrogens (tertiary/aromatic N) is 1. The third-order valence-electron chi connectivity index (χ3n) is 4.06. The molecule has 0 saturated carbocycles. The van der Waals surface area contributed by atoms with Crippen LogP contribution in [0.15, 0.2) is 18.2 Å². The maximum atomic E-state index is 6.13. The molecule has 20 heavy (non-hydrogen) atoms. The Balaban J connectivity index is 2.94. The number of aryl methyl sites for hydroxylation is 2.